The standard InChI is InChI=1S/C25H23F3N4O3/c1-2-29-23(34)16-6-3-9-19(12-16)30-15-22(33)31-20-10-4-7-17(13-20)24(35)32-21-11-5-8-18(14-21)25(26,27)28/h3-14,30H,2,15H2,1H3,(H,29,34)(H,31,33)(H,32,35). The van der Waals surface area contributed by atoms with Crippen molar-refractivity contribution in [1.82, 2.24) is 5.32 Å². The molecule has 0 saturated heterocycles. The predicted octanol–water partition coefficient (Wildman–Crippen LogP) is 4.76. The average molecular weight is 484 g/mol. The van der Waals surface area contributed by atoms with E-state index in [-0.39, 0.29) is 23.7 Å². The lowest BCUT2D eigenvalue weighted by atomic mass is 10.1. The van der Waals surface area contributed by atoms with Crippen LogP contribution in [0.1, 0.15) is 33.2 Å². The van der Waals surface area contributed by atoms with Crippen molar-refractivity contribution in [1.29, 1.82) is 0 Å². The maximum atomic E-state index is 12.9. The third-order valence-electron chi connectivity index (χ3n) is 4.77. The molecule has 35 heavy (non-hydrogen) atoms. The van der Waals surface area contributed by atoms with Crippen molar-refractivity contribution in [3.8, 4) is 0 Å². The summed E-state index contributed by atoms with van der Waals surface area (Å²) in [6, 6.07) is 17.0. The molecule has 3 aromatic rings. The summed E-state index contributed by atoms with van der Waals surface area (Å²) in [5.74, 6) is -1.25. The van der Waals surface area contributed by atoms with Crippen LogP contribution in [-0.4, -0.2) is 30.8 Å². The van der Waals surface area contributed by atoms with E-state index in [2.05, 4.69) is 21.3 Å². The molecule has 10 heteroatoms. The highest BCUT2D eigenvalue weighted by atomic mass is 19.4. The van der Waals surface area contributed by atoms with Crippen LogP contribution in [0.2, 0.25) is 0 Å². The van der Waals surface area contributed by atoms with Crippen LogP contribution in [-0.2, 0) is 11.0 Å². The van der Waals surface area contributed by atoms with Crippen LogP contribution in [0.25, 0.3) is 0 Å². The normalized spacial score (nSPS) is 10.9. The Kier molecular flexibility index (Phi) is 8.08. The molecule has 4 N–H and O–H groups in total. The van der Waals surface area contributed by atoms with Crippen LogP contribution in [0, 0.1) is 0 Å². The maximum absolute atomic E-state index is 12.9. The quantitative estimate of drug-likeness (QED) is 0.371. The van der Waals surface area contributed by atoms with E-state index in [1.807, 2.05) is 6.92 Å². The Morgan fingerprint density at radius 2 is 1.31 bits per heavy atom. The lowest BCUT2D eigenvalue weighted by molar-refractivity contribution is -0.137. The van der Waals surface area contributed by atoms with Crippen LogP contribution in [0.3, 0.4) is 0 Å². The first-order chi connectivity index (χ1) is 16.7. The largest absolute Gasteiger partial charge is 0.416 e. The van der Waals surface area contributed by atoms with Gasteiger partial charge in [0.05, 0.1) is 12.1 Å². The highest BCUT2D eigenvalue weighted by Crippen LogP contribution is 2.30. The van der Waals surface area contributed by atoms with E-state index in [1.54, 1.807) is 36.4 Å². The van der Waals surface area contributed by atoms with Crippen LogP contribution in [0.15, 0.2) is 72.8 Å². The van der Waals surface area contributed by atoms with E-state index >= 15 is 0 Å². The van der Waals surface area contributed by atoms with Crippen molar-refractivity contribution in [2.45, 2.75) is 13.1 Å². The van der Waals surface area contributed by atoms with Crippen LogP contribution in [0.4, 0.5) is 30.2 Å². The fraction of sp³-hybridized carbons (Fsp3) is 0.160. The first-order valence-electron chi connectivity index (χ1n) is 10.7. The number of carbonyl (C=O) groups excluding carboxylic acids is 3. The molecule has 0 bridgehead atoms. The second kappa shape index (κ2) is 11.2. The molecule has 3 rings (SSSR count). The summed E-state index contributed by atoms with van der Waals surface area (Å²) in [6.45, 7) is 2.21. The SMILES string of the molecule is CCNC(=O)c1cccc(NCC(=O)Nc2cccc(C(=O)Nc3cccc(C(F)(F)F)c3)c2)c1. The summed E-state index contributed by atoms with van der Waals surface area (Å²) in [7, 11) is 0. The number of anilines is 3. The first-order valence-corrected chi connectivity index (χ1v) is 10.7. The number of rotatable bonds is 8. The van der Waals surface area contributed by atoms with Crippen LogP contribution >= 0.6 is 0 Å². The Balaban J connectivity index is 1.59. The third kappa shape index (κ3) is 7.32. The number of nitrogens with one attached hydrogen (secondary N) is 4. The number of carbonyl (C=O) groups is 3. The molecular formula is C25H23F3N4O3. The van der Waals surface area contributed by atoms with Crippen molar-refractivity contribution in [2.24, 2.45) is 0 Å². The number of amides is 3. The molecule has 7 nitrogen and oxygen atoms in total. The number of hydrogen-bond acceptors (Lipinski definition) is 4. The molecule has 182 valence electrons. The van der Waals surface area contributed by atoms with Gasteiger partial charge in [-0.1, -0.05) is 18.2 Å². The number of benzene rings is 3. The van der Waals surface area contributed by atoms with Gasteiger partial charge in [-0.3, -0.25) is 14.4 Å². The van der Waals surface area contributed by atoms with Gasteiger partial charge in [0.1, 0.15) is 0 Å². The molecule has 3 aromatic carbocycles. The maximum Gasteiger partial charge on any atom is 0.416 e. The van der Waals surface area contributed by atoms with Crippen molar-refractivity contribution in [3.05, 3.63) is 89.5 Å². The molecule has 0 fully saturated rings. The average Bonchev–Trinajstić information content (AvgIpc) is 2.83. The van der Waals surface area contributed by atoms with Gasteiger partial charge < -0.3 is 21.3 Å². The van der Waals surface area contributed by atoms with Gasteiger partial charge in [0, 0.05) is 34.7 Å². The smallest absolute Gasteiger partial charge is 0.376 e. The molecule has 0 unspecified atom stereocenters. The highest BCUT2D eigenvalue weighted by molar-refractivity contribution is 6.05. The number of alkyl halides is 3. The van der Waals surface area contributed by atoms with Gasteiger partial charge in [-0.25, -0.2) is 0 Å². The number of hydrogen-bond donors (Lipinski definition) is 4. The van der Waals surface area contributed by atoms with Crippen LogP contribution < -0.4 is 21.3 Å². The lowest BCUT2D eigenvalue weighted by Crippen LogP contribution is -2.24. The molecule has 0 heterocycles. The molecule has 0 spiro atoms. The summed E-state index contributed by atoms with van der Waals surface area (Å²) in [5.41, 5.74) is 0.654. The molecule has 0 aliphatic rings. The summed E-state index contributed by atoms with van der Waals surface area (Å²) in [4.78, 5) is 36.8. The van der Waals surface area contributed by atoms with Crippen molar-refractivity contribution >= 4 is 34.8 Å². The molecule has 3 amide bonds. The van der Waals surface area contributed by atoms with Crippen molar-refractivity contribution in [2.75, 3.05) is 29.0 Å². The van der Waals surface area contributed by atoms with E-state index < -0.39 is 23.6 Å². The fourth-order valence-electron chi connectivity index (χ4n) is 3.14. The van der Waals surface area contributed by atoms with E-state index in [1.165, 1.54) is 24.3 Å². The van der Waals surface area contributed by atoms with E-state index in [4.69, 9.17) is 0 Å². The highest BCUT2D eigenvalue weighted by Gasteiger charge is 2.30. The molecule has 0 radical (unpaired) electrons. The Labute approximate surface area is 199 Å². The second-order valence-electron chi connectivity index (χ2n) is 7.46. The van der Waals surface area contributed by atoms with Gasteiger partial charge in [-0.2, -0.15) is 13.2 Å². The minimum absolute atomic E-state index is 0.00156. The summed E-state index contributed by atoms with van der Waals surface area (Å²) < 4.78 is 38.7. The predicted molar refractivity (Wildman–Crippen MR) is 127 cm³/mol. The van der Waals surface area contributed by atoms with Gasteiger partial charge in [0.25, 0.3) is 11.8 Å². The Morgan fingerprint density at radius 1 is 0.743 bits per heavy atom. The minimum Gasteiger partial charge on any atom is -0.376 e. The fourth-order valence-corrected chi connectivity index (χ4v) is 3.14. The van der Waals surface area contributed by atoms with Crippen molar-refractivity contribution < 1.29 is 27.6 Å². The first kappa shape index (κ1) is 25.3. The van der Waals surface area contributed by atoms with Gasteiger partial charge in [0.2, 0.25) is 5.91 Å². The summed E-state index contributed by atoms with van der Waals surface area (Å²) in [5, 5.41) is 10.7. The molecular weight excluding hydrogens is 461 g/mol. The third-order valence-corrected chi connectivity index (χ3v) is 4.77. The topological polar surface area (TPSA) is 99.3 Å². The molecule has 0 aliphatic heterocycles. The number of halogens is 3. The lowest BCUT2D eigenvalue weighted by Gasteiger charge is -2.11. The zero-order valence-electron chi connectivity index (χ0n) is 18.7. The zero-order chi connectivity index (χ0) is 25.4. The Morgan fingerprint density at radius 3 is 1.97 bits per heavy atom. The Bertz CT molecular complexity index is 1230. The van der Waals surface area contributed by atoms with Crippen LogP contribution in [0.5, 0.6) is 0 Å². The summed E-state index contributed by atoms with van der Waals surface area (Å²) >= 11 is 0. The molecule has 0 saturated carbocycles. The molecule has 0 atom stereocenters. The zero-order valence-corrected chi connectivity index (χ0v) is 18.7. The van der Waals surface area contributed by atoms with Gasteiger partial charge in [-0.05, 0) is 61.5 Å². The molecule has 0 aromatic heterocycles. The second-order valence-corrected chi connectivity index (χ2v) is 7.46. The van der Waals surface area contributed by atoms with E-state index in [0.717, 1.165) is 12.1 Å². The molecule has 0 aliphatic carbocycles. The van der Waals surface area contributed by atoms with Gasteiger partial charge in [0.15, 0.2) is 0 Å². The Hall–Kier alpha value is -4.34. The van der Waals surface area contributed by atoms with Gasteiger partial charge in [-0.15, -0.1) is 0 Å². The van der Waals surface area contributed by atoms with Crippen molar-refractivity contribution in [3.63, 3.8) is 0 Å². The van der Waals surface area contributed by atoms with E-state index in [9.17, 15) is 27.6 Å². The van der Waals surface area contributed by atoms with E-state index in [0.29, 0.717) is 23.5 Å². The van der Waals surface area contributed by atoms with Gasteiger partial charge >= 0.3 is 6.18 Å². The summed E-state index contributed by atoms with van der Waals surface area (Å²) in [6.07, 6.45) is -4.53. The monoisotopic (exact) mass is 484 g/mol. The minimum atomic E-state index is -4.53.